The number of carbonyl (C=O) groups is 1. The van der Waals surface area contributed by atoms with E-state index in [1.165, 1.54) is 0 Å². The number of amides is 1. The smallest absolute Gasteiger partial charge is 0.259 e. The van der Waals surface area contributed by atoms with Gasteiger partial charge in [-0.3, -0.25) is 4.79 Å². The molecule has 150 valence electrons. The molecule has 0 saturated carbocycles. The monoisotopic (exact) mass is 385 g/mol. The molecule has 28 heavy (non-hydrogen) atoms. The molecule has 1 aromatic carbocycles. The minimum atomic E-state index is -1.07. The van der Waals surface area contributed by atoms with Crippen LogP contribution in [0.15, 0.2) is 34.9 Å². The van der Waals surface area contributed by atoms with Crippen molar-refractivity contribution < 1.29 is 19.2 Å². The molecule has 0 aliphatic carbocycles. The van der Waals surface area contributed by atoms with E-state index in [1.54, 1.807) is 11.8 Å². The standard InChI is InChI=1S/C21H27N3O4/c1-16-18(19(22-28-16)17-7-3-2-4-8-17)20(25)24-11-12-27-15-21(26,14-24)13-23-9-5-6-10-23/h2-4,7-8,26H,5-6,9-15H2,1H3. The molecule has 2 saturated heterocycles. The second-order valence-corrected chi connectivity index (χ2v) is 7.82. The number of likely N-dealkylation sites (tertiary alicyclic amines) is 1. The second-order valence-electron chi connectivity index (χ2n) is 7.82. The largest absolute Gasteiger partial charge is 0.384 e. The SMILES string of the molecule is Cc1onc(-c2ccccc2)c1C(=O)N1CCOCC(O)(CN2CCCC2)C1. The molecule has 3 heterocycles. The fourth-order valence-electron chi connectivity index (χ4n) is 4.12. The lowest BCUT2D eigenvalue weighted by Gasteiger charge is -2.34. The Labute approximate surface area is 164 Å². The van der Waals surface area contributed by atoms with Crippen LogP contribution in [0.25, 0.3) is 11.3 Å². The molecular formula is C21H27N3O4. The molecule has 0 radical (unpaired) electrons. The summed E-state index contributed by atoms with van der Waals surface area (Å²) in [5, 5.41) is 15.3. The molecule has 2 fully saturated rings. The van der Waals surface area contributed by atoms with Crippen LogP contribution in [-0.4, -0.2) is 77.5 Å². The van der Waals surface area contributed by atoms with Crippen LogP contribution in [0.1, 0.15) is 29.0 Å². The average molecular weight is 385 g/mol. The van der Waals surface area contributed by atoms with Crippen molar-refractivity contribution in [2.24, 2.45) is 0 Å². The molecule has 2 aromatic rings. The van der Waals surface area contributed by atoms with Crippen LogP contribution < -0.4 is 0 Å². The lowest BCUT2D eigenvalue weighted by molar-refractivity contribution is -0.0524. The van der Waals surface area contributed by atoms with Crippen LogP contribution in [-0.2, 0) is 4.74 Å². The molecule has 0 spiro atoms. The van der Waals surface area contributed by atoms with Gasteiger partial charge < -0.3 is 24.2 Å². The second kappa shape index (κ2) is 8.03. The van der Waals surface area contributed by atoms with Crippen molar-refractivity contribution in [1.82, 2.24) is 15.0 Å². The number of hydrogen-bond donors (Lipinski definition) is 1. The number of hydrogen-bond acceptors (Lipinski definition) is 6. The number of rotatable bonds is 4. The fourth-order valence-corrected chi connectivity index (χ4v) is 4.12. The maximum absolute atomic E-state index is 13.4. The molecule has 7 nitrogen and oxygen atoms in total. The first-order valence-corrected chi connectivity index (χ1v) is 9.89. The van der Waals surface area contributed by atoms with Gasteiger partial charge in [-0.15, -0.1) is 0 Å². The van der Waals surface area contributed by atoms with E-state index in [1.807, 2.05) is 30.3 Å². The summed E-state index contributed by atoms with van der Waals surface area (Å²) in [6.07, 6.45) is 2.31. The number of carbonyl (C=O) groups excluding carboxylic acids is 1. The summed E-state index contributed by atoms with van der Waals surface area (Å²) < 4.78 is 11.0. The van der Waals surface area contributed by atoms with Gasteiger partial charge in [0.15, 0.2) is 0 Å². The van der Waals surface area contributed by atoms with Gasteiger partial charge in [0.25, 0.3) is 5.91 Å². The van der Waals surface area contributed by atoms with Crippen molar-refractivity contribution in [2.45, 2.75) is 25.4 Å². The van der Waals surface area contributed by atoms with Gasteiger partial charge in [0.2, 0.25) is 0 Å². The number of aliphatic hydroxyl groups is 1. The van der Waals surface area contributed by atoms with E-state index in [0.29, 0.717) is 36.7 Å². The van der Waals surface area contributed by atoms with Gasteiger partial charge in [0.05, 0.1) is 19.8 Å². The highest BCUT2D eigenvalue weighted by Crippen LogP contribution is 2.27. The van der Waals surface area contributed by atoms with Gasteiger partial charge in [0, 0.05) is 18.7 Å². The molecule has 0 bridgehead atoms. The molecule has 2 aliphatic rings. The Bertz CT molecular complexity index is 816. The third-order valence-electron chi connectivity index (χ3n) is 5.49. The summed E-state index contributed by atoms with van der Waals surface area (Å²) in [5.41, 5.74) is 0.753. The van der Waals surface area contributed by atoms with Crippen molar-refractivity contribution in [3.8, 4) is 11.3 Å². The van der Waals surface area contributed by atoms with Gasteiger partial charge >= 0.3 is 0 Å². The Morgan fingerprint density at radius 3 is 2.71 bits per heavy atom. The predicted octanol–water partition coefficient (Wildman–Crippen LogP) is 1.95. The van der Waals surface area contributed by atoms with Crippen molar-refractivity contribution in [3.05, 3.63) is 41.7 Å². The first-order chi connectivity index (χ1) is 13.6. The highest BCUT2D eigenvalue weighted by atomic mass is 16.5. The Balaban J connectivity index is 1.58. The summed E-state index contributed by atoms with van der Waals surface area (Å²) in [5.74, 6) is 0.306. The predicted molar refractivity (Wildman–Crippen MR) is 104 cm³/mol. The van der Waals surface area contributed by atoms with Crippen LogP contribution in [0.5, 0.6) is 0 Å². The Hall–Kier alpha value is -2.22. The molecule has 1 atom stereocenters. The molecule has 1 N–H and O–H groups in total. The first-order valence-electron chi connectivity index (χ1n) is 9.89. The van der Waals surface area contributed by atoms with Crippen LogP contribution in [0.3, 0.4) is 0 Å². The van der Waals surface area contributed by atoms with Crippen LogP contribution in [0.2, 0.25) is 0 Å². The zero-order valence-corrected chi connectivity index (χ0v) is 16.3. The highest BCUT2D eigenvalue weighted by Gasteiger charge is 2.38. The third-order valence-corrected chi connectivity index (χ3v) is 5.49. The van der Waals surface area contributed by atoms with Crippen LogP contribution in [0, 0.1) is 6.92 Å². The molecular weight excluding hydrogens is 358 g/mol. The van der Waals surface area contributed by atoms with Gasteiger partial charge in [-0.25, -0.2) is 0 Å². The molecule has 1 unspecified atom stereocenters. The lowest BCUT2D eigenvalue weighted by atomic mass is 10.0. The van der Waals surface area contributed by atoms with E-state index in [-0.39, 0.29) is 19.1 Å². The van der Waals surface area contributed by atoms with Gasteiger partial charge in [-0.2, -0.15) is 0 Å². The Morgan fingerprint density at radius 2 is 1.96 bits per heavy atom. The number of β-amino-alcohol motifs (C(OH)–C–C–N with tert-alkyl or cyclic N) is 1. The van der Waals surface area contributed by atoms with E-state index in [4.69, 9.17) is 9.26 Å². The topological polar surface area (TPSA) is 79.0 Å². The zero-order chi connectivity index (χ0) is 19.6. The minimum absolute atomic E-state index is 0.178. The fraction of sp³-hybridized carbons (Fsp3) is 0.524. The first kappa shape index (κ1) is 19.1. The van der Waals surface area contributed by atoms with E-state index < -0.39 is 5.60 Å². The summed E-state index contributed by atoms with van der Waals surface area (Å²) in [4.78, 5) is 17.3. The minimum Gasteiger partial charge on any atom is -0.384 e. The highest BCUT2D eigenvalue weighted by molar-refractivity contribution is 6.00. The average Bonchev–Trinajstić information content (AvgIpc) is 3.29. The van der Waals surface area contributed by atoms with E-state index >= 15 is 0 Å². The zero-order valence-electron chi connectivity index (χ0n) is 16.3. The molecule has 7 heteroatoms. The van der Waals surface area contributed by atoms with Gasteiger partial charge in [-0.05, 0) is 32.9 Å². The van der Waals surface area contributed by atoms with Crippen LogP contribution in [0.4, 0.5) is 0 Å². The summed E-state index contributed by atoms with van der Waals surface area (Å²) in [6, 6.07) is 9.54. The summed E-state index contributed by atoms with van der Waals surface area (Å²) in [7, 11) is 0. The normalized spacial score (nSPS) is 23.7. The van der Waals surface area contributed by atoms with Crippen molar-refractivity contribution >= 4 is 5.91 Å². The van der Waals surface area contributed by atoms with Gasteiger partial charge in [-0.1, -0.05) is 35.5 Å². The number of nitrogens with zero attached hydrogens (tertiary/aromatic N) is 3. The number of aromatic nitrogens is 1. The maximum Gasteiger partial charge on any atom is 0.259 e. The van der Waals surface area contributed by atoms with E-state index in [9.17, 15) is 9.90 Å². The molecule has 1 amide bonds. The molecule has 4 rings (SSSR count). The van der Waals surface area contributed by atoms with Crippen molar-refractivity contribution in [2.75, 3.05) is 45.9 Å². The number of benzene rings is 1. The van der Waals surface area contributed by atoms with E-state index in [0.717, 1.165) is 31.5 Å². The van der Waals surface area contributed by atoms with E-state index in [2.05, 4.69) is 10.1 Å². The Morgan fingerprint density at radius 1 is 1.21 bits per heavy atom. The summed E-state index contributed by atoms with van der Waals surface area (Å²) >= 11 is 0. The quantitative estimate of drug-likeness (QED) is 0.867. The van der Waals surface area contributed by atoms with Gasteiger partial charge in [0.1, 0.15) is 22.6 Å². The lowest BCUT2D eigenvalue weighted by Crippen LogP contribution is -2.53. The maximum atomic E-state index is 13.4. The third kappa shape index (κ3) is 3.97. The number of ether oxygens (including phenoxy) is 1. The molecule has 2 aliphatic heterocycles. The van der Waals surface area contributed by atoms with Crippen molar-refractivity contribution in [1.29, 1.82) is 0 Å². The Kier molecular flexibility index (Phi) is 5.48. The van der Waals surface area contributed by atoms with Crippen molar-refractivity contribution in [3.63, 3.8) is 0 Å². The van der Waals surface area contributed by atoms with Crippen LogP contribution >= 0.6 is 0 Å². The number of aryl methyl sites for hydroxylation is 1. The molecule has 1 aromatic heterocycles. The summed E-state index contributed by atoms with van der Waals surface area (Å²) in [6.45, 7) is 5.54.